The summed E-state index contributed by atoms with van der Waals surface area (Å²) in [7, 11) is -2.84. The van der Waals surface area contributed by atoms with Gasteiger partial charge in [0, 0.05) is 26.2 Å². The van der Waals surface area contributed by atoms with Gasteiger partial charge in [0.15, 0.2) is 5.67 Å². The first kappa shape index (κ1) is 26.2. The van der Waals surface area contributed by atoms with Crippen LogP contribution in [0.3, 0.4) is 0 Å². The van der Waals surface area contributed by atoms with Crippen LogP contribution in [0.2, 0.25) is 0 Å². The van der Waals surface area contributed by atoms with Gasteiger partial charge in [-0.1, -0.05) is 26.7 Å². The topological polar surface area (TPSA) is 27.7 Å². The maximum Gasteiger partial charge on any atom is 0.562 e. The summed E-state index contributed by atoms with van der Waals surface area (Å²) in [6.07, 6.45) is 6.78. The van der Waals surface area contributed by atoms with Crippen molar-refractivity contribution < 1.29 is 41.7 Å². The number of halogens is 1. The lowest BCUT2D eigenvalue weighted by Crippen LogP contribution is -3.00. The number of rotatable bonds is 15. The molecule has 0 saturated heterocycles. The van der Waals surface area contributed by atoms with Gasteiger partial charge in [-0.25, -0.2) is 0 Å². The van der Waals surface area contributed by atoms with Gasteiger partial charge in [-0.05, 0) is 39.0 Å². The van der Waals surface area contributed by atoms with E-state index in [2.05, 4.69) is 26.7 Å². The average Bonchev–Trinajstić information content (AvgIpc) is 2.49. The Hall–Kier alpha value is 0.00688. The van der Waals surface area contributed by atoms with E-state index in [-0.39, 0.29) is 29.6 Å². The van der Waals surface area contributed by atoms with Crippen LogP contribution < -0.4 is 24.0 Å². The second-order valence-corrected chi connectivity index (χ2v) is 8.20. The van der Waals surface area contributed by atoms with Crippen LogP contribution in [0.25, 0.3) is 0 Å². The van der Waals surface area contributed by atoms with Crippen molar-refractivity contribution >= 4 is 8.80 Å². The summed E-state index contributed by atoms with van der Waals surface area (Å²) in [4.78, 5) is 0. The van der Waals surface area contributed by atoms with E-state index in [9.17, 15) is 0 Å². The van der Waals surface area contributed by atoms with Gasteiger partial charge in [0.05, 0.1) is 19.6 Å². The fourth-order valence-corrected chi connectivity index (χ4v) is 6.89. The monoisotopic (exact) mass is 469 g/mol. The maximum atomic E-state index is 6.18. The van der Waals surface area contributed by atoms with Gasteiger partial charge in [-0.15, -0.1) is 0 Å². The predicted octanol–water partition coefficient (Wildman–Crippen LogP) is 0.731. The van der Waals surface area contributed by atoms with Crippen molar-refractivity contribution in [1.82, 2.24) is 0 Å². The van der Waals surface area contributed by atoms with Crippen molar-refractivity contribution in [3.05, 3.63) is 38.0 Å². The highest BCUT2D eigenvalue weighted by Gasteiger charge is 2.58. The number of nitrogens with zero attached hydrogens (tertiary/aromatic N) is 1. The van der Waals surface area contributed by atoms with Crippen LogP contribution in [0.1, 0.15) is 34.1 Å². The molecule has 0 radical (unpaired) electrons. The Balaban J connectivity index is 0. The summed E-state index contributed by atoms with van der Waals surface area (Å²) in [6.45, 7) is 24.2. The molecule has 0 amide bonds. The highest BCUT2D eigenvalue weighted by atomic mass is 127. The van der Waals surface area contributed by atoms with Gasteiger partial charge >= 0.3 is 8.80 Å². The van der Waals surface area contributed by atoms with Crippen LogP contribution in [0.5, 0.6) is 0 Å². The van der Waals surface area contributed by atoms with Gasteiger partial charge in [-0.3, -0.25) is 0 Å². The first-order valence-corrected chi connectivity index (χ1v) is 10.5. The third kappa shape index (κ3) is 6.72. The molecule has 0 aromatic rings. The molecule has 0 aromatic heterocycles. The summed E-state index contributed by atoms with van der Waals surface area (Å²) < 4.78 is 19.3. The molecule has 0 N–H and O–H groups in total. The molecular formula is C18H36INO3Si. The van der Waals surface area contributed by atoms with E-state index >= 15 is 0 Å². The van der Waals surface area contributed by atoms with Crippen molar-refractivity contribution in [3.8, 4) is 0 Å². The minimum atomic E-state index is -2.84. The van der Waals surface area contributed by atoms with E-state index in [1.807, 2.05) is 39.0 Å². The Labute approximate surface area is 167 Å². The Kier molecular flexibility index (Phi) is 15.5. The summed E-state index contributed by atoms with van der Waals surface area (Å²) in [6, 6.07) is 0. The molecule has 0 aliphatic carbocycles. The fourth-order valence-electron chi connectivity index (χ4n) is 3.37. The van der Waals surface area contributed by atoms with Crippen LogP contribution >= 0.6 is 0 Å². The SMILES string of the molecule is C=CC[N+](CC=C)(CC=C)C(CC)[Si](OCC)(OCC)OCC.[I-]. The molecule has 24 heavy (non-hydrogen) atoms. The second kappa shape index (κ2) is 14.2. The molecule has 0 bridgehead atoms. The molecule has 0 heterocycles. The van der Waals surface area contributed by atoms with Gasteiger partial charge in [0.1, 0.15) is 0 Å². The maximum absolute atomic E-state index is 6.18. The summed E-state index contributed by atoms with van der Waals surface area (Å²) in [5, 5.41) is 0. The summed E-state index contributed by atoms with van der Waals surface area (Å²) in [5.74, 6) is 0. The standard InChI is InChI=1S/C18H36NO3Si.HI/c1-8-15-19(16-9-2,17-10-3)18(11-4)23(20-12-5,21-13-6)22-14-7;/h8-10,18H,1-3,11-17H2,4-7H3;1H/q+1;/p-1. The molecule has 0 aliphatic heterocycles. The number of hydrogen-bond donors (Lipinski definition) is 0. The third-order valence-electron chi connectivity index (χ3n) is 3.97. The van der Waals surface area contributed by atoms with Crippen molar-refractivity contribution in [3.63, 3.8) is 0 Å². The zero-order valence-electron chi connectivity index (χ0n) is 15.9. The number of hydrogen-bond acceptors (Lipinski definition) is 3. The molecular weight excluding hydrogens is 433 g/mol. The smallest absolute Gasteiger partial charge is 0.562 e. The Bertz CT molecular complexity index is 323. The van der Waals surface area contributed by atoms with Crippen LogP contribution in [0.15, 0.2) is 38.0 Å². The van der Waals surface area contributed by atoms with Crippen molar-refractivity contribution in [2.45, 2.75) is 39.8 Å². The molecule has 0 rings (SSSR count). The van der Waals surface area contributed by atoms with E-state index in [0.29, 0.717) is 19.8 Å². The van der Waals surface area contributed by atoms with Gasteiger partial charge in [0.2, 0.25) is 0 Å². The first-order chi connectivity index (χ1) is 11.1. The third-order valence-corrected chi connectivity index (χ3v) is 7.82. The minimum Gasteiger partial charge on any atom is -1.00 e. The summed E-state index contributed by atoms with van der Waals surface area (Å²) >= 11 is 0. The van der Waals surface area contributed by atoms with E-state index in [1.54, 1.807) is 0 Å². The predicted molar refractivity (Wildman–Crippen MR) is 100 cm³/mol. The molecule has 0 saturated carbocycles. The summed E-state index contributed by atoms with van der Waals surface area (Å²) in [5.41, 5.74) is 0.122. The zero-order valence-corrected chi connectivity index (χ0v) is 19.1. The molecule has 4 nitrogen and oxygen atoms in total. The average molecular weight is 469 g/mol. The van der Waals surface area contributed by atoms with Crippen LogP contribution in [0.4, 0.5) is 0 Å². The van der Waals surface area contributed by atoms with Crippen molar-refractivity contribution in [2.24, 2.45) is 0 Å². The fraction of sp³-hybridized carbons (Fsp3) is 0.667. The molecule has 6 heteroatoms. The normalized spacial score (nSPS) is 13.0. The Morgan fingerprint density at radius 3 is 1.33 bits per heavy atom. The quantitative estimate of drug-likeness (QED) is 0.153. The molecule has 0 fully saturated rings. The highest BCUT2D eigenvalue weighted by Crippen LogP contribution is 2.29. The van der Waals surface area contributed by atoms with Gasteiger partial charge in [-0.2, -0.15) is 0 Å². The van der Waals surface area contributed by atoms with E-state index in [0.717, 1.165) is 30.5 Å². The number of quaternary nitrogens is 1. The lowest BCUT2D eigenvalue weighted by Gasteiger charge is -2.48. The lowest BCUT2D eigenvalue weighted by molar-refractivity contribution is -0.927. The second-order valence-electron chi connectivity index (χ2n) is 5.46. The van der Waals surface area contributed by atoms with Gasteiger partial charge < -0.3 is 41.7 Å². The molecule has 0 aliphatic rings. The first-order valence-electron chi connectivity index (χ1n) is 8.66. The Morgan fingerprint density at radius 2 is 1.12 bits per heavy atom. The largest absolute Gasteiger partial charge is 1.00 e. The van der Waals surface area contributed by atoms with Crippen LogP contribution in [0, 0.1) is 0 Å². The van der Waals surface area contributed by atoms with Gasteiger partial charge in [0.25, 0.3) is 0 Å². The van der Waals surface area contributed by atoms with E-state index in [1.165, 1.54) is 0 Å². The molecule has 1 atom stereocenters. The zero-order chi connectivity index (χ0) is 17.8. The van der Waals surface area contributed by atoms with Crippen LogP contribution in [-0.4, -0.2) is 58.4 Å². The molecule has 0 spiro atoms. The molecule has 142 valence electrons. The molecule has 1 unspecified atom stereocenters. The highest BCUT2D eigenvalue weighted by molar-refractivity contribution is 6.62. The van der Waals surface area contributed by atoms with Crippen molar-refractivity contribution in [1.29, 1.82) is 0 Å². The Morgan fingerprint density at radius 1 is 0.792 bits per heavy atom. The van der Waals surface area contributed by atoms with E-state index < -0.39 is 8.80 Å². The minimum absolute atomic E-state index is 0. The van der Waals surface area contributed by atoms with Crippen molar-refractivity contribution in [2.75, 3.05) is 39.5 Å². The van der Waals surface area contributed by atoms with Crippen LogP contribution in [-0.2, 0) is 13.3 Å². The lowest BCUT2D eigenvalue weighted by atomic mass is 10.2. The van der Waals surface area contributed by atoms with E-state index in [4.69, 9.17) is 13.3 Å². The molecule has 0 aromatic carbocycles.